The predicted octanol–water partition coefficient (Wildman–Crippen LogP) is 1.54. The lowest BCUT2D eigenvalue weighted by Gasteiger charge is -2.28. The van der Waals surface area contributed by atoms with E-state index in [1.165, 1.54) is 0 Å². The van der Waals surface area contributed by atoms with E-state index in [2.05, 4.69) is 4.98 Å². The second kappa shape index (κ2) is 5.17. The predicted molar refractivity (Wildman–Crippen MR) is 64.0 cm³/mol. The van der Waals surface area contributed by atoms with Gasteiger partial charge in [0, 0.05) is 35.4 Å². The first-order valence-corrected chi connectivity index (χ1v) is 6.99. The topological polar surface area (TPSA) is 57.0 Å². The van der Waals surface area contributed by atoms with Crippen LogP contribution in [0.4, 0.5) is 19.0 Å². The summed E-state index contributed by atoms with van der Waals surface area (Å²) >= 11 is 0. The van der Waals surface area contributed by atoms with E-state index in [0.717, 1.165) is 12.1 Å². The Balaban J connectivity index is 2.37. The Labute approximate surface area is 110 Å². The summed E-state index contributed by atoms with van der Waals surface area (Å²) in [4.78, 5) is 5.12. The molecular weight excluding hydrogens is 279 g/mol. The van der Waals surface area contributed by atoms with Crippen LogP contribution in [0.5, 0.6) is 0 Å². The molecule has 8 heteroatoms. The highest BCUT2D eigenvalue weighted by atomic mass is 32.2. The van der Waals surface area contributed by atoms with Crippen molar-refractivity contribution < 1.29 is 17.4 Å². The van der Waals surface area contributed by atoms with E-state index in [1.807, 2.05) is 6.07 Å². The Morgan fingerprint density at radius 2 is 1.95 bits per heavy atom. The molecule has 1 aromatic rings. The van der Waals surface area contributed by atoms with Crippen molar-refractivity contribution in [1.29, 1.82) is 5.26 Å². The molecule has 0 N–H and O–H groups in total. The van der Waals surface area contributed by atoms with E-state index >= 15 is 0 Å². The molecule has 2 heterocycles. The van der Waals surface area contributed by atoms with Gasteiger partial charge in [0.25, 0.3) is 0 Å². The maximum atomic E-state index is 12.6. The Morgan fingerprint density at radius 3 is 2.47 bits per heavy atom. The van der Waals surface area contributed by atoms with E-state index in [9.17, 15) is 17.4 Å². The normalized spacial score (nSPS) is 17.3. The third-order valence-electron chi connectivity index (χ3n) is 2.76. The van der Waals surface area contributed by atoms with Gasteiger partial charge in [-0.25, -0.2) is 4.98 Å². The minimum absolute atomic E-state index is 0.0222. The maximum absolute atomic E-state index is 12.6. The molecule has 1 aromatic heterocycles. The van der Waals surface area contributed by atoms with Crippen LogP contribution in [-0.4, -0.2) is 33.8 Å². The molecule has 102 valence electrons. The van der Waals surface area contributed by atoms with Crippen LogP contribution in [-0.2, 0) is 17.0 Å². The minimum Gasteiger partial charge on any atom is -0.354 e. The number of aromatic nitrogens is 1. The van der Waals surface area contributed by atoms with Crippen LogP contribution in [0, 0.1) is 11.3 Å². The van der Waals surface area contributed by atoms with Crippen molar-refractivity contribution in [1.82, 2.24) is 4.98 Å². The van der Waals surface area contributed by atoms with E-state index in [0.29, 0.717) is 24.6 Å². The van der Waals surface area contributed by atoms with E-state index in [4.69, 9.17) is 5.26 Å². The van der Waals surface area contributed by atoms with Gasteiger partial charge in [-0.2, -0.15) is 18.4 Å². The van der Waals surface area contributed by atoms with Crippen molar-refractivity contribution in [3.63, 3.8) is 0 Å². The average molecular weight is 289 g/mol. The number of anilines is 1. The number of alkyl halides is 3. The molecule has 2 rings (SSSR count). The van der Waals surface area contributed by atoms with Gasteiger partial charge in [0.1, 0.15) is 17.6 Å². The van der Waals surface area contributed by atoms with Crippen LogP contribution < -0.4 is 4.90 Å². The summed E-state index contributed by atoms with van der Waals surface area (Å²) in [7, 11) is -0.940. The fourth-order valence-electron chi connectivity index (χ4n) is 1.78. The van der Waals surface area contributed by atoms with Crippen molar-refractivity contribution >= 4 is 16.6 Å². The van der Waals surface area contributed by atoms with Crippen LogP contribution in [0.15, 0.2) is 12.1 Å². The van der Waals surface area contributed by atoms with Crippen molar-refractivity contribution in [2.24, 2.45) is 0 Å². The third-order valence-corrected chi connectivity index (χ3v) is 4.04. The number of nitrogens with zero attached hydrogens (tertiary/aromatic N) is 3. The van der Waals surface area contributed by atoms with E-state index in [-0.39, 0.29) is 11.4 Å². The largest absolute Gasteiger partial charge is 0.433 e. The van der Waals surface area contributed by atoms with Crippen LogP contribution in [0.1, 0.15) is 11.3 Å². The summed E-state index contributed by atoms with van der Waals surface area (Å²) in [5.41, 5.74) is -0.922. The average Bonchev–Trinajstić information content (AvgIpc) is 2.38. The summed E-state index contributed by atoms with van der Waals surface area (Å²) < 4.78 is 49.1. The van der Waals surface area contributed by atoms with Gasteiger partial charge >= 0.3 is 6.18 Å². The number of rotatable bonds is 1. The number of hydrogen-bond donors (Lipinski definition) is 0. The summed E-state index contributed by atoms with van der Waals surface area (Å²) in [6, 6.07) is 3.75. The van der Waals surface area contributed by atoms with Crippen LogP contribution in [0.25, 0.3) is 0 Å². The molecule has 0 aliphatic carbocycles. The molecule has 0 amide bonds. The minimum atomic E-state index is -4.54. The zero-order valence-corrected chi connectivity index (χ0v) is 10.6. The van der Waals surface area contributed by atoms with Gasteiger partial charge in [-0.05, 0) is 12.1 Å². The number of halogens is 3. The van der Waals surface area contributed by atoms with Gasteiger partial charge in [0.05, 0.1) is 5.56 Å². The molecule has 4 nitrogen and oxygen atoms in total. The summed E-state index contributed by atoms with van der Waals surface area (Å²) in [6.07, 6.45) is -4.54. The quantitative estimate of drug-likeness (QED) is 0.787. The van der Waals surface area contributed by atoms with Crippen molar-refractivity contribution in [3.05, 3.63) is 23.4 Å². The van der Waals surface area contributed by atoms with Crippen LogP contribution >= 0.6 is 0 Å². The molecule has 0 spiro atoms. The van der Waals surface area contributed by atoms with Crippen LogP contribution in [0.3, 0.4) is 0 Å². The van der Waals surface area contributed by atoms with Gasteiger partial charge in [-0.3, -0.25) is 4.21 Å². The van der Waals surface area contributed by atoms with E-state index in [1.54, 1.807) is 4.90 Å². The standard InChI is InChI=1S/C11H10F3N3OS/c12-11(13,14)9-2-1-8(7-15)10(16-9)17-3-5-19(18)6-4-17/h1-2H,3-6H2. The second-order valence-corrected chi connectivity index (χ2v) is 5.71. The van der Waals surface area contributed by atoms with Gasteiger partial charge in [-0.15, -0.1) is 0 Å². The highest BCUT2D eigenvalue weighted by Gasteiger charge is 2.34. The fourth-order valence-corrected chi connectivity index (χ4v) is 2.84. The highest BCUT2D eigenvalue weighted by Crippen LogP contribution is 2.30. The van der Waals surface area contributed by atoms with E-state index < -0.39 is 22.7 Å². The highest BCUT2D eigenvalue weighted by molar-refractivity contribution is 7.85. The Morgan fingerprint density at radius 1 is 1.32 bits per heavy atom. The Bertz CT molecular complexity index is 543. The maximum Gasteiger partial charge on any atom is 0.433 e. The lowest BCUT2D eigenvalue weighted by Crippen LogP contribution is -2.39. The molecule has 1 fully saturated rings. The first kappa shape index (κ1) is 13.8. The number of pyridine rings is 1. The molecule has 0 unspecified atom stereocenters. The smallest absolute Gasteiger partial charge is 0.354 e. The van der Waals surface area contributed by atoms with Gasteiger partial charge in [0.2, 0.25) is 0 Å². The molecule has 1 saturated heterocycles. The number of hydrogen-bond acceptors (Lipinski definition) is 4. The molecule has 1 aliphatic heterocycles. The molecule has 0 bridgehead atoms. The summed E-state index contributed by atoms with van der Waals surface area (Å²) in [5, 5.41) is 8.94. The Hall–Kier alpha value is -1.62. The molecule has 1 aliphatic rings. The second-order valence-electron chi connectivity index (χ2n) is 4.01. The van der Waals surface area contributed by atoms with Gasteiger partial charge in [0.15, 0.2) is 0 Å². The van der Waals surface area contributed by atoms with Crippen molar-refractivity contribution in [2.45, 2.75) is 6.18 Å². The number of nitriles is 1. The zero-order valence-electron chi connectivity index (χ0n) is 9.78. The molecule has 0 saturated carbocycles. The molecule has 0 atom stereocenters. The summed E-state index contributed by atoms with van der Waals surface area (Å²) in [5.74, 6) is 0.778. The summed E-state index contributed by atoms with van der Waals surface area (Å²) in [6.45, 7) is 0.686. The lowest BCUT2D eigenvalue weighted by molar-refractivity contribution is -0.141. The Kier molecular flexibility index (Phi) is 3.75. The molecule has 0 aromatic carbocycles. The third kappa shape index (κ3) is 3.04. The van der Waals surface area contributed by atoms with Gasteiger partial charge < -0.3 is 4.90 Å². The monoisotopic (exact) mass is 289 g/mol. The molecule has 0 radical (unpaired) electrons. The molecular formula is C11H10F3N3OS. The SMILES string of the molecule is N#Cc1ccc(C(F)(F)F)nc1N1CCS(=O)CC1. The first-order chi connectivity index (χ1) is 8.91. The van der Waals surface area contributed by atoms with Gasteiger partial charge in [-0.1, -0.05) is 0 Å². The first-order valence-electron chi connectivity index (χ1n) is 5.50. The molecule has 19 heavy (non-hydrogen) atoms. The van der Waals surface area contributed by atoms with Crippen LogP contribution in [0.2, 0.25) is 0 Å². The fraction of sp³-hybridized carbons (Fsp3) is 0.455. The van der Waals surface area contributed by atoms with Crippen molar-refractivity contribution in [3.8, 4) is 6.07 Å². The zero-order chi connectivity index (χ0) is 14.0. The lowest BCUT2D eigenvalue weighted by atomic mass is 10.2. The van der Waals surface area contributed by atoms with Crippen molar-refractivity contribution in [2.75, 3.05) is 29.5 Å².